The molecule has 0 aromatic heterocycles. The Labute approximate surface area is 120 Å². The summed E-state index contributed by atoms with van der Waals surface area (Å²) in [4.78, 5) is 12.1. The van der Waals surface area contributed by atoms with Gasteiger partial charge >= 0.3 is 0 Å². The number of benzene rings is 1. The first-order chi connectivity index (χ1) is 8.61. The Hall–Kier alpha value is -0.580. The lowest BCUT2D eigenvalue weighted by molar-refractivity contribution is 0.0924. The van der Waals surface area contributed by atoms with Crippen LogP contribution in [0, 0.1) is 5.92 Å². The minimum absolute atomic E-state index is 0.0740. The van der Waals surface area contributed by atoms with Crippen LogP contribution >= 0.6 is 27.5 Å². The third kappa shape index (κ3) is 3.46. The van der Waals surface area contributed by atoms with E-state index in [1.165, 1.54) is 0 Å². The van der Waals surface area contributed by atoms with Gasteiger partial charge in [0.1, 0.15) is 0 Å². The van der Waals surface area contributed by atoms with E-state index in [1.54, 1.807) is 18.2 Å². The van der Waals surface area contributed by atoms with E-state index < -0.39 is 0 Å². The molecule has 1 fully saturated rings. The first-order valence-corrected chi connectivity index (χ1v) is 7.15. The first kappa shape index (κ1) is 13.8. The molecule has 0 aliphatic heterocycles. The summed E-state index contributed by atoms with van der Waals surface area (Å²) in [6.07, 6.45) is 2.87. The van der Waals surface area contributed by atoms with Gasteiger partial charge in [-0.2, -0.15) is 0 Å². The fraction of sp³-hybridized carbons (Fsp3) is 0.462. The SMILES string of the molecule is O=C(NC(CCO)C1CC1)c1ccc(Br)c(Cl)c1. The average molecular weight is 333 g/mol. The summed E-state index contributed by atoms with van der Waals surface area (Å²) in [6, 6.07) is 5.21. The molecule has 0 bridgehead atoms. The van der Waals surface area contributed by atoms with Gasteiger partial charge in [0.2, 0.25) is 0 Å². The first-order valence-electron chi connectivity index (χ1n) is 5.98. The molecule has 2 N–H and O–H groups in total. The fourth-order valence-corrected chi connectivity index (χ4v) is 2.38. The van der Waals surface area contributed by atoms with Gasteiger partial charge in [-0.05, 0) is 59.3 Å². The Morgan fingerprint density at radius 1 is 1.56 bits per heavy atom. The van der Waals surface area contributed by atoms with Crippen LogP contribution in [-0.4, -0.2) is 23.7 Å². The zero-order valence-electron chi connectivity index (χ0n) is 9.83. The number of carbonyl (C=O) groups is 1. The monoisotopic (exact) mass is 331 g/mol. The lowest BCUT2D eigenvalue weighted by Crippen LogP contribution is -2.37. The van der Waals surface area contributed by atoms with E-state index >= 15 is 0 Å². The Bertz CT molecular complexity index is 449. The largest absolute Gasteiger partial charge is 0.396 e. The molecule has 1 aliphatic rings. The van der Waals surface area contributed by atoms with Crippen molar-refractivity contribution in [3.05, 3.63) is 33.3 Å². The molecular weight excluding hydrogens is 318 g/mol. The van der Waals surface area contributed by atoms with Crippen molar-refractivity contribution in [1.82, 2.24) is 5.32 Å². The Kier molecular flexibility index (Phi) is 4.65. The standard InChI is InChI=1S/C13H15BrClNO2/c14-10-4-3-9(7-11(10)15)13(18)16-12(5-6-17)8-1-2-8/h3-4,7-8,12,17H,1-2,5-6H2,(H,16,18). The molecule has 0 heterocycles. The molecule has 18 heavy (non-hydrogen) atoms. The van der Waals surface area contributed by atoms with Gasteiger partial charge in [0.15, 0.2) is 0 Å². The van der Waals surface area contributed by atoms with E-state index in [0.717, 1.165) is 17.3 Å². The van der Waals surface area contributed by atoms with Crippen LogP contribution in [0.4, 0.5) is 0 Å². The number of hydrogen-bond donors (Lipinski definition) is 2. The lowest BCUT2D eigenvalue weighted by Gasteiger charge is -2.17. The number of nitrogens with one attached hydrogen (secondary N) is 1. The van der Waals surface area contributed by atoms with Gasteiger partial charge in [0.05, 0.1) is 5.02 Å². The molecule has 1 aromatic carbocycles. The zero-order chi connectivity index (χ0) is 13.1. The molecular formula is C13H15BrClNO2. The zero-order valence-corrected chi connectivity index (χ0v) is 12.2. The summed E-state index contributed by atoms with van der Waals surface area (Å²) in [5, 5.41) is 12.5. The van der Waals surface area contributed by atoms with Crippen LogP contribution in [0.2, 0.25) is 5.02 Å². The predicted octanol–water partition coefficient (Wildman–Crippen LogP) is 2.99. The van der Waals surface area contributed by atoms with Crippen molar-refractivity contribution in [3.63, 3.8) is 0 Å². The second kappa shape index (κ2) is 6.04. The highest BCUT2D eigenvalue weighted by atomic mass is 79.9. The second-order valence-corrected chi connectivity index (χ2v) is 5.82. The van der Waals surface area contributed by atoms with Crippen LogP contribution in [0.15, 0.2) is 22.7 Å². The Balaban J connectivity index is 2.03. The number of amides is 1. The molecule has 1 amide bonds. The summed E-state index contributed by atoms with van der Waals surface area (Å²) in [5.74, 6) is 0.391. The molecule has 1 unspecified atom stereocenters. The molecule has 1 aliphatic carbocycles. The molecule has 0 radical (unpaired) electrons. The molecule has 5 heteroatoms. The summed E-state index contributed by atoms with van der Waals surface area (Å²) in [7, 11) is 0. The van der Waals surface area contributed by atoms with E-state index in [4.69, 9.17) is 16.7 Å². The van der Waals surface area contributed by atoms with Crippen LogP contribution in [0.3, 0.4) is 0 Å². The minimum Gasteiger partial charge on any atom is -0.396 e. The van der Waals surface area contributed by atoms with E-state index in [-0.39, 0.29) is 18.6 Å². The lowest BCUT2D eigenvalue weighted by atomic mass is 10.1. The van der Waals surface area contributed by atoms with Gasteiger partial charge in [-0.3, -0.25) is 4.79 Å². The van der Waals surface area contributed by atoms with Gasteiger partial charge in [0.25, 0.3) is 5.91 Å². The highest BCUT2D eigenvalue weighted by Crippen LogP contribution is 2.34. The van der Waals surface area contributed by atoms with Crippen molar-refractivity contribution >= 4 is 33.4 Å². The van der Waals surface area contributed by atoms with E-state index in [0.29, 0.717) is 22.9 Å². The van der Waals surface area contributed by atoms with Crippen molar-refractivity contribution in [3.8, 4) is 0 Å². The quantitative estimate of drug-likeness (QED) is 0.871. The van der Waals surface area contributed by atoms with Crippen LogP contribution in [-0.2, 0) is 0 Å². The summed E-state index contributed by atoms with van der Waals surface area (Å²) in [6.45, 7) is 0.0997. The molecule has 3 nitrogen and oxygen atoms in total. The van der Waals surface area contributed by atoms with Crippen molar-refractivity contribution < 1.29 is 9.90 Å². The smallest absolute Gasteiger partial charge is 0.251 e. The molecule has 1 saturated carbocycles. The normalized spacial score (nSPS) is 16.4. The molecule has 2 rings (SSSR count). The third-order valence-electron chi connectivity index (χ3n) is 3.13. The van der Waals surface area contributed by atoms with Gasteiger partial charge in [-0.25, -0.2) is 0 Å². The number of rotatable bonds is 5. The average Bonchev–Trinajstić information content (AvgIpc) is 3.16. The maximum atomic E-state index is 12.1. The number of carbonyl (C=O) groups excluding carboxylic acids is 1. The molecule has 98 valence electrons. The predicted molar refractivity (Wildman–Crippen MR) is 74.8 cm³/mol. The van der Waals surface area contributed by atoms with Crippen molar-refractivity contribution in [2.75, 3.05) is 6.61 Å². The number of halogens is 2. The fourth-order valence-electron chi connectivity index (χ4n) is 1.95. The highest BCUT2D eigenvalue weighted by Gasteiger charge is 2.31. The van der Waals surface area contributed by atoms with Crippen LogP contribution < -0.4 is 5.32 Å². The van der Waals surface area contributed by atoms with Crippen molar-refractivity contribution in [1.29, 1.82) is 0 Å². The van der Waals surface area contributed by atoms with Crippen LogP contribution in [0.1, 0.15) is 29.6 Å². The minimum atomic E-state index is -0.130. The maximum absolute atomic E-state index is 12.1. The number of aliphatic hydroxyl groups excluding tert-OH is 1. The molecule has 1 atom stereocenters. The van der Waals surface area contributed by atoms with Crippen LogP contribution in [0.5, 0.6) is 0 Å². The van der Waals surface area contributed by atoms with E-state index in [1.807, 2.05) is 0 Å². The highest BCUT2D eigenvalue weighted by molar-refractivity contribution is 9.10. The Morgan fingerprint density at radius 2 is 2.28 bits per heavy atom. The number of aliphatic hydroxyl groups is 1. The number of hydrogen-bond acceptors (Lipinski definition) is 2. The van der Waals surface area contributed by atoms with Crippen LogP contribution in [0.25, 0.3) is 0 Å². The molecule has 0 spiro atoms. The van der Waals surface area contributed by atoms with Gasteiger partial charge in [-0.1, -0.05) is 11.6 Å². The van der Waals surface area contributed by atoms with Gasteiger partial charge in [0, 0.05) is 22.7 Å². The molecule has 1 aromatic rings. The summed E-state index contributed by atoms with van der Waals surface area (Å²) < 4.78 is 0.773. The van der Waals surface area contributed by atoms with E-state index in [2.05, 4.69) is 21.2 Å². The summed E-state index contributed by atoms with van der Waals surface area (Å²) >= 11 is 9.25. The van der Waals surface area contributed by atoms with Crippen molar-refractivity contribution in [2.45, 2.75) is 25.3 Å². The molecule has 0 saturated heterocycles. The van der Waals surface area contributed by atoms with E-state index in [9.17, 15) is 4.79 Å². The second-order valence-electron chi connectivity index (χ2n) is 4.56. The topological polar surface area (TPSA) is 49.3 Å². The van der Waals surface area contributed by atoms with Crippen molar-refractivity contribution in [2.24, 2.45) is 5.92 Å². The summed E-state index contributed by atoms with van der Waals surface area (Å²) in [5.41, 5.74) is 0.548. The Morgan fingerprint density at radius 3 is 2.83 bits per heavy atom. The van der Waals surface area contributed by atoms with Gasteiger partial charge < -0.3 is 10.4 Å². The van der Waals surface area contributed by atoms with Gasteiger partial charge in [-0.15, -0.1) is 0 Å². The third-order valence-corrected chi connectivity index (χ3v) is 4.36. The maximum Gasteiger partial charge on any atom is 0.251 e.